The molecule has 0 unspecified atom stereocenters. The van der Waals surface area contributed by atoms with Crippen LogP contribution in [0.25, 0.3) is 21.5 Å². The fourth-order valence-corrected chi connectivity index (χ4v) is 3.41. The third kappa shape index (κ3) is 3.16. The molecule has 4 aromatic carbocycles. The highest BCUT2D eigenvalue weighted by atomic mass is 15.1. The fourth-order valence-electron chi connectivity index (χ4n) is 3.41. The van der Waals surface area contributed by atoms with Crippen molar-refractivity contribution in [1.82, 2.24) is 0 Å². The summed E-state index contributed by atoms with van der Waals surface area (Å²) in [5, 5.41) is 13.9. The summed E-state index contributed by atoms with van der Waals surface area (Å²) in [6.07, 6.45) is 0. The zero-order valence-electron chi connectivity index (χ0n) is 14.5. The molecule has 0 heterocycles. The monoisotopic (exact) mass is 324 g/mol. The van der Waals surface area contributed by atoms with Crippen molar-refractivity contribution >= 4 is 27.2 Å². The zero-order valence-corrected chi connectivity index (χ0v) is 14.5. The normalized spacial score (nSPS) is 11.6. The van der Waals surface area contributed by atoms with Gasteiger partial charge < -0.3 is 0 Å². The summed E-state index contributed by atoms with van der Waals surface area (Å²) >= 11 is 0. The highest BCUT2D eigenvalue weighted by molar-refractivity contribution is 5.88. The van der Waals surface area contributed by atoms with Crippen LogP contribution in [-0.4, -0.2) is 0 Å². The molecule has 0 saturated carbocycles. The van der Waals surface area contributed by atoms with Crippen LogP contribution in [0.4, 0.5) is 5.69 Å². The Hall–Kier alpha value is -3.00. The van der Waals surface area contributed by atoms with Crippen molar-refractivity contribution in [3.05, 3.63) is 89.5 Å². The summed E-state index contributed by atoms with van der Waals surface area (Å²) in [4.78, 5) is 0. The van der Waals surface area contributed by atoms with Gasteiger partial charge in [0.05, 0.1) is 12.2 Å². The molecule has 0 aromatic heterocycles. The quantitative estimate of drug-likeness (QED) is 0.366. The molecule has 0 spiro atoms. The van der Waals surface area contributed by atoms with Crippen LogP contribution in [0.5, 0.6) is 0 Å². The van der Waals surface area contributed by atoms with E-state index in [1.54, 1.807) is 0 Å². The first-order valence-corrected chi connectivity index (χ1v) is 8.56. The number of nitrogens with zero attached hydrogens (tertiary/aromatic N) is 2. The summed E-state index contributed by atoms with van der Waals surface area (Å²) in [5.74, 6) is 0. The van der Waals surface area contributed by atoms with Crippen LogP contribution in [0.1, 0.15) is 16.7 Å². The van der Waals surface area contributed by atoms with Crippen molar-refractivity contribution < 1.29 is 0 Å². The Morgan fingerprint density at radius 1 is 0.680 bits per heavy atom. The summed E-state index contributed by atoms with van der Waals surface area (Å²) in [6.45, 7) is 4.86. The zero-order chi connectivity index (χ0) is 17.2. The van der Waals surface area contributed by atoms with Crippen LogP contribution in [0.2, 0.25) is 0 Å². The topological polar surface area (TPSA) is 24.7 Å². The van der Waals surface area contributed by atoms with E-state index in [0.29, 0.717) is 6.54 Å². The first-order chi connectivity index (χ1) is 12.2. The average Bonchev–Trinajstić information content (AvgIpc) is 2.62. The summed E-state index contributed by atoms with van der Waals surface area (Å²) in [7, 11) is 0. The Morgan fingerprint density at radius 3 is 2.00 bits per heavy atom. The van der Waals surface area contributed by atoms with E-state index in [0.717, 1.165) is 5.69 Å². The number of rotatable bonds is 3. The second kappa shape index (κ2) is 6.48. The lowest BCUT2D eigenvalue weighted by molar-refractivity contribution is 0.960. The van der Waals surface area contributed by atoms with Gasteiger partial charge in [0.1, 0.15) is 0 Å². The molecule has 2 nitrogen and oxygen atoms in total. The minimum absolute atomic E-state index is 0.595. The Bertz CT molecular complexity index is 1090. The van der Waals surface area contributed by atoms with Crippen LogP contribution in [0.15, 0.2) is 83.0 Å². The van der Waals surface area contributed by atoms with Gasteiger partial charge in [0.15, 0.2) is 0 Å². The molecule has 0 atom stereocenters. The van der Waals surface area contributed by atoms with Crippen molar-refractivity contribution in [2.45, 2.75) is 20.4 Å². The van der Waals surface area contributed by atoms with Crippen LogP contribution in [0.3, 0.4) is 0 Å². The lowest BCUT2D eigenvalue weighted by Crippen LogP contribution is -1.85. The highest BCUT2D eigenvalue weighted by Gasteiger charge is 2.01. The average molecular weight is 324 g/mol. The number of aryl methyl sites for hydroxylation is 2. The van der Waals surface area contributed by atoms with Gasteiger partial charge in [-0.15, -0.1) is 0 Å². The standard InChI is InChI=1S/C23H20N2/c1-16-11-18(13-19-7-3-5-9-22(16)19)15-24-25-21-12-17(2)23-10-6-4-8-20(23)14-21/h3-14H,15H2,1-2H3. The summed E-state index contributed by atoms with van der Waals surface area (Å²) in [5.41, 5.74) is 4.62. The van der Waals surface area contributed by atoms with E-state index >= 15 is 0 Å². The van der Waals surface area contributed by atoms with Crippen molar-refractivity contribution in [2.24, 2.45) is 10.2 Å². The molecule has 25 heavy (non-hydrogen) atoms. The smallest absolute Gasteiger partial charge is 0.0861 e. The van der Waals surface area contributed by atoms with Gasteiger partial charge in [0.2, 0.25) is 0 Å². The van der Waals surface area contributed by atoms with Crippen LogP contribution in [-0.2, 0) is 6.54 Å². The Labute approximate surface area is 147 Å². The molecule has 0 aliphatic heterocycles. The van der Waals surface area contributed by atoms with E-state index in [1.165, 1.54) is 38.2 Å². The number of hydrogen-bond donors (Lipinski definition) is 0. The van der Waals surface area contributed by atoms with E-state index in [4.69, 9.17) is 0 Å². The second-order valence-electron chi connectivity index (χ2n) is 6.52. The number of benzene rings is 4. The number of hydrogen-bond acceptors (Lipinski definition) is 2. The SMILES string of the molecule is Cc1cc(CN=Nc2cc(C)c3ccccc3c2)cc2ccccc12. The third-order valence-electron chi connectivity index (χ3n) is 4.62. The van der Waals surface area contributed by atoms with Gasteiger partial charge in [-0.2, -0.15) is 10.2 Å². The molecule has 0 aliphatic rings. The molecular formula is C23H20N2. The summed E-state index contributed by atoms with van der Waals surface area (Å²) in [6, 6.07) is 25.4. The molecule has 0 radical (unpaired) electrons. The van der Waals surface area contributed by atoms with Crippen LogP contribution in [0, 0.1) is 13.8 Å². The molecule has 0 bridgehead atoms. The Kier molecular flexibility index (Phi) is 4.02. The van der Waals surface area contributed by atoms with Crippen LogP contribution < -0.4 is 0 Å². The lowest BCUT2D eigenvalue weighted by Gasteiger charge is -2.05. The minimum atomic E-state index is 0.595. The fraction of sp³-hybridized carbons (Fsp3) is 0.130. The Morgan fingerprint density at radius 2 is 1.28 bits per heavy atom. The molecule has 4 aromatic rings. The van der Waals surface area contributed by atoms with Gasteiger partial charge in [-0.25, -0.2) is 0 Å². The van der Waals surface area contributed by atoms with Gasteiger partial charge in [-0.3, -0.25) is 0 Å². The number of fused-ring (bicyclic) bond motifs is 2. The van der Waals surface area contributed by atoms with Crippen molar-refractivity contribution in [2.75, 3.05) is 0 Å². The van der Waals surface area contributed by atoms with Crippen LogP contribution >= 0.6 is 0 Å². The van der Waals surface area contributed by atoms with Crippen molar-refractivity contribution in [3.63, 3.8) is 0 Å². The molecule has 4 rings (SSSR count). The van der Waals surface area contributed by atoms with Gasteiger partial charge in [-0.1, -0.05) is 54.6 Å². The first kappa shape index (κ1) is 15.5. The maximum atomic E-state index is 4.45. The van der Waals surface area contributed by atoms with E-state index in [2.05, 4.69) is 96.9 Å². The van der Waals surface area contributed by atoms with Gasteiger partial charge in [0.25, 0.3) is 0 Å². The van der Waals surface area contributed by atoms with E-state index < -0.39 is 0 Å². The third-order valence-corrected chi connectivity index (χ3v) is 4.62. The largest absolute Gasteiger partial charge is 0.184 e. The van der Waals surface area contributed by atoms with Crippen molar-refractivity contribution in [3.8, 4) is 0 Å². The molecule has 2 heteroatoms. The van der Waals surface area contributed by atoms with Gasteiger partial charge >= 0.3 is 0 Å². The van der Waals surface area contributed by atoms with Crippen molar-refractivity contribution in [1.29, 1.82) is 0 Å². The molecule has 0 aliphatic carbocycles. The van der Waals surface area contributed by atoms with Gasteiger partial charge in [-0.05, 0) is 70.3 Å². The lowest BCUT2D eigenvalue weighted by atomic mass is 10.0. The molecule has 0 amide bonds. The predicted molar refractivity (Wildman–Crippen MR) is 106 cm³/mol. The molecular weight excluding hydrogens is 304 g/mol. The molecule has 0 N–H and O–H groups in total. The highest BCUT2D eigenvalue weighted by Crippen LogP contribution is 2.26. The first-order valence-electron chi connectivity index (χ1n) is 8.56. The number of azo groups is 1. The summed E-state index contributed by atoms with van der Waals surface area (Å²) < 4.78 is 0. The second-order valence-corrected chi connectivity index (χ2v) is 6.52. The molecule has 0 fully saturated rings. The minimum Gasteiger partial charge on any atom is -0.184 e. The van der Waals surface area contributed by atoms with E-state index in [1.807, 2.05) is 0 Å². The van der Waals surface area contributed by atoms with E-state index in [9.17, 15) is 0 Å². The van der Waals surface area contributed by atoms with Gasteiger partial charge in [0, 0.05) is 0 Å². The van der Waals surface area contributed by atoms with E-state index in [-0.39, 0.29) is 0 Å². The maximum Gasteiger partial charge on any atom is 0.0861 e. The predicted octanol–water partition coefficient (Wildman–Crippen LogP) is 6.89. The molecule has 122 valence electrons. The molecule has 0 saturated heterocycles. The Balaban J connectivity index is 1.61. The maximum absolute atomic E-state index is 4.45.